The number of carbonyl (C=O) groups excluding carboxylic acids is 1. The lowest BCUT2D eigenvalue weighted by atomic mass is 10.4. The van der Waals surface area contributed by atoms with Crippen LogP contribution in [0.1, 0.15) is 16.3 Å². The highest BCUT2D eigenvalue weighted by Gasteiger charge is 2.10. The Bertz CT molecular complexity index is 511. The van der Waals surface area contributed by atoms with Crippen LogP contribution in [-0.2, 0) is 0 Å². The number of carbonyl (C=O) groups is 1. The van der Waals surface area contributed by atoms with Crippen LogP contribution >= 0.6 is 23.1 Å². The van der Waals surface area contributed by atoms with Gasteiger partial charge in [-0.3, -0.25) is 10.1 Å². The number of nitrogens with zero attached hydrogens (tertiary/aromatic N) is 4. The molecule has 0 spiro atoms. The molecule has 0 aromatic carbocycles. The molecule has 0 aliphatic carbocycles. The SMILES string of the molecule is Cc1nsc(NC(=O)c2cnc(Cl)cn2)n1. The average Bonchev–Trinajstić information content (AvgIpc) is 2.65. The third kappa shape index (κ3) is 2.50. The Kier molecular flexibility index (Phi) is 3.07. The van der Waals surface area contributed by atoms with Gasteiger partial charge in [-0.05, 0) is 6.92 Å². The van der Waals surface area contributed by atoms with Crippen LogP contribution < -0.4 is 5.32 Å². The molecule has 0 bridgehead atoms. The van der Waals surface area contributed by atoms with E-state index in [4.69, 9.17) is 11.6 Å². The molecule has 1 amide bonds. The molecule has 0 radical (unpaired) electrons. The van der Waals surface area contributed by atoms with Crippen LogP contribution in [0.15, 0.2) is 12.4 Å². The first-order valence-corrected chi connectivity index (χ1v) is 5.39. The maximum atomic E-state index is 11.6. The van der Waals surface area contributed by atoms with Crippen LogP contribution in [0, 0.1) is 6.92 Å². The van der Waals surface area contributed by atoms with Crippen molar-refractivity contribution < 1.29 is 4.79 Å². The number of halogens is 1. The van der Waals surface area contributed by atoms with Gasteiger partial charge in [-0.25, -0.2) is 15.0 Å². The third-order valence-electron chi connectivity index (χ3n) is 1.60. The lowest BCUT2D eigenvalue weighted by Gasteiger charge is -1.99. The van der Waals surface area contributed by atoms with Crippen molar-refractivity contribution in [1.29, 1.82) is 0 Å². The van der Waals surface area contributed by atoms with Crippen molar-refractivity contribution >= 4 is 34.2 Å². The minimum Gasteiger partial charge on any atom is -0.295 e. The van der Waals surface area contributed by atoms with E-state index in [0.29, 0.717) is 11.0 Å². The molecule has 16 heavy (non-hydrogen) atoms. The fourth-order valence-electron chi connectivity index (χ4n) is 0.939. The van der Waals surface area contributed by atoms with E-state index in [2.05, 4.69) is 24.6 Å². The Morgan fingerprint density at radius 1 is 1.44 bits per heavy atom. The summed E-state index contributed by atoms with van der Waals surface area (Å²) in [5.41, 5.74) is 0.178. The normalized spacial score (nSPS) is 10.1. The molecule has 2 rings (SSSR count). The Morgan fingerprint density at radius 3 is 2.81 bits per heavy atom. The van der Waals surface area contributed by atoms with Crippen LogP contribution in [0.2, 0.25) is 5.15 Å². The summed E-state index contributed by atoms with van der Waals surface area (Å²) in [5, 5.41) is 3.23. The maximum absolute atomic E-state index is 11.6. The molecule has 0 saturated carbocycles. The minimum absolute atomic E-state index is 0.178. The molecule has 0 unspecified atom stereocenters. The van der Waals surface area contributed by atoms with Gasteiger partial charge in [0.2, 0.25) is 5.13 Å². The van der Waals surface area contributed by atoms with Gasteiger partial charge in [0.05, 0.1) is 12.4 Å². The number of aromatic nitrogens is 4. The van der Waals surface area contributed by atoms with Gasteiger partial charge >= 0.3 is 0 Å². The first kappa shape index (κ1) is 10.9. The molecule has 1 N–H and O–H groups in total. The van der Waals surface area contributed by atoms with Gasteiger partial charge in [0.15, 0.2) is 0 Å². The van der Waals surface area contributed by atoms with Gasteiger partial charge < -0.3 is 0 Å². The highest BCUT2D eigenvalue weighted by Crippen LogP contribution is 2.11. The Hall–Kier alpha value is -1.60. The van der Waals surface area contributed by atoms with Gasteiger partial charge in [-0.2, -0.15) is 4.37 Å². The van der Waals surface area contributed by atoms with Crippen molar-refractivity contribution in [3.63, 3.8) is 0 Å². The molecule has 0 atom stereocenters. The van der Waals surface area contributed by atoms with Gasteiger partial charge in [0, 0.05) is 11.5 Å². The molecular weight excluding hydrogens is 250 g/mol. The van der Waals surface area contributed by atoms with E-state index in [9.17, 15) is 4.79 Å². The monoisotopic (exact) mass is 255 g/mol. The summed E-state index contributed by atoms with van der Waals surface area (Å²) in [4.78, 5) is 23.2. The molecule has 0 saturated heterocycles. The van der Waals surface area contributed by atoms with Crippen molar-refractivity contribution in [3.05, 3.63) is 29.1 Å². The topological polar surface area (TPSA) is 80.7 Å². The quantitative estimate of drug-likeness (QED) is 0.880. The molecule has 0 aliphatic heterocycles. The zero-order chi connectivity index (χ0) is 11.5. The highest BCUT2D eigenvalue weighted by atomic mass is 35.5. The lowest BCUT2D eigenvalue weighted by molar-refractivity contribution is 0.102. The van der Waals surface area contributed by atoms with E-state index in [1.807, 2.05) is 0 Å². The molecule has 0 aliphatic rings. The van der Waals surface area contributed by atoms with E-state index in [1.54, 1.807) is 6.92 Å². The molecule has 82 valence electrons. The number of aryl methyl sites for hydroxylation is 1. The Morgan fingerprint density at radius 2 is 2.25 bits per heavy atom. The Labute approximate surface area is 99.9 Å². The summed E-state index contributed by atoms with van der Waals surface area (Å²) in [5.74, 6) is 0.225. The van der Waals surface area contributed by atoms with E-state index in [-0.39, 0.29) is 16.8 Å². The van der Waals surface area contributed by atoms with Crippen molar-refractivity contribution in [2.75, 3.05) is 5.32 Å². The zero-order valence-corrected chi connectivity index (χ0v) is 9.71. The van der Waals surface area contributed by atoms with Gasteiger partial charge in [-0.1, -0.05) is 11.6 Å². The number of rotatable bonds is 2. The van der Waals surface area contributed by atoms with Crippen LogP contribution in [0.5, 0.6) is 0 Å². The first-order valence-electron chi connectivity index (χ1n) is 4.24. The summed E-state index contributed by atoms with van der Waals surface area (Å²) in [6.45, 7) is 1.74. The van der Waals surface area contributed by atoms with Crippen LogP contribution in [-0.4, -0.2) is 25.2 Å². The zero-order valence-electron chi connectivity index (χ0n) is 8.14. The van der Waals surface area contributed by atoms with Crippen molar-refractivity contribution in [2.45, 2.75) is 6.92 Å². The van der Waals surface area contributed by atoms with Gasteiger partial charge in [-0.15, -0.1) is 0 Å². The van der Waals surface area contributed by atoms with Gasteiger partial charge in [0.25, 0.3) is 5.91 Å². The molecule has 2 aromatic heterocycles. The van der Waals surface area contributed by atoms with E-state index < -0.39 is 0 Å². The fourth-order valence-corrected chi connectivity index (χ4v) is 1.61. The molecule has 2 heterocycles. The summed E-state index contributed by atoms with van der Waals surface area (Å²) in [7, 11) is 0. The molecular formula is C8H6ClN5OS. The number of hydrogen-bond donors (Lipinski definition) is 1. The lowest BCUT2D eigenvalue weighted by Crippen LogP contribution is -2.13. The van der Waals surface area contributed by atoms with Crippen molar-refractivity contribution in [2.24, 2.45) is 0 Å². The average molecular weight is 256 g/mol. The van der Waals surface area contributed by atoms with Crippen LogP contribution in [0.4, 0.5) is 5.13 Å². The maximum Gasteiger partial charge on any atom is 0.277 e. The minimum atomic E-state index is -0.389. The predicted octanol–water partition coefficient (Wildman–Crippen LogP) is 1.54. The predicted molar refractivity (Wildman–Crippen MR) is 59.6 cm³/mol. The largest absolute Gasteiger partial charge is 0.295 e. The summed E-state index contributed by atoms with van der Waals surface area (Å²) < 4.78 is 3.94. The van der Waals surface area contributed by atoms with Crippen LogP contribution in [0.3, 0.4) is 0 Å². The van der Waals surface area contributed by atoms with Crippen molar-refractivity contribution in [3.8, 4) is 0 Å². The smallest absolute Gasteiger partial charge is 0.277 e. The summed E-state index contributed by atoms with van der Waals surface area (Å²) in [6, 6.07) is 0. The number of anilines is 1. The second kappa shape index (κ2) is 4.50. The molecule has 6 nitrogen and oxygen atoms in total. The summed E-state index contributed by atoms with van der Waals surface area (Å²) in [6.07, 6.45) is 2.60. The van der Waals surface area contributed by atoms with E-state index in [0.717, 1.165) is 11.5 Å². The first-order chi connectivity index (χ1) is 7.65. The molecule has 8 heteroatoms. The number of amides is 1. The summed E-state index contributed by atoms with van der Waals surface area (Å²) >= 11 is 6.66. The molecule has 2 aromatic rings. The standard InChI is InChI=1S/C8H6ClN5OS/c1-4-12-8(16-14-4)13-7(15)5-2-11-6(9)3-10-5/h2-3H,1H3,(H,12,13,14,15). The van der Waals surface area contributed by atoms with Crippen LogP contribution in [0.25, 0.3) is 0 Å². The Balaban J connectivity index is 2.11. The fraction of sp³-hybridized carbons (Fsp3) is 0.125. The van der Waals surface area contributed by atoms with Crippen molar-refractivity contribution in [1.82, 2.24) is 19.3 Å². The third-order valence-corrected chi connectivity index (χ3v) is 2.52. The highest BCUT2D eigenvalue weighted by molar-refractivity contribution is 7.09. The second-order valence-electron chi connectivity index (χ2n) is 2.83. The van der Waals surface area contributed by atoms with E-state index in [1.165, 1.54) is 12.4 Å². The van der Waals surface area contributed by atoms with E-state index >= 15 is 0 Å². The van der Waals surface area contributed by atoms with Gasteiger partial charge in [0.1, 0.15) is 16.7 Å². The number of hydrogen-bond acceptors (Lipinski definition) is 6. The number of nitrogens with one attached hydrogen (secondary N) is 1. The second-order valence-corrected chi connectivity index (χ2v) is 3.96. The molecule has 0 fully saturated rings.